The Kier molecular flexibility index (Phi) is 6.73. The minimum absolute atomic E-state index is 0.166. The topological polar surface area (TPSA) is 132 Å². The van der Waals surface area contributed by atoms with Crippen LogP contribution in [0.3, 0.4) is 0 Å². The Labute approximate surface area is 196 Å². The molecule has 1 aromatic carbocycles. The number of ether oxygens (including phenoxy) is 3. The number of carbonyl (C=O) groups excluding carboxylic acids is 3. The number of amides is 3. The Morgan fingerprint density at radius 1 is 1.24 bits per heavy atom. The number of hydrogen-bond acceptors (Lipinski definition) is 8. The fourth-order valence-corrected chi connectivity index (χ4v) is 4.31. The average molecular weight is 472 g/mol. The number of hydrogen-bond donors (Lipinski definition) is 2. The molecule has 1 aromatic heterocycles. The number of aryl methyl sites for hydroxylation is 2. The SMILES string of the molecule is COC(=O)C[C@H]1CC[C@H]2[C@H](COc3ccc(NC(=O)Nc4c(C)noc4C)cc3C(=O)N2C)O1. The Morgan fingerprint density at radius 3 is 2.74 bits per heavy atom. The van der Waals surface area contributed by atoms with E-state index < -0.39 is 6.03 Å². The highest BCUT2D eigenvalue weighted by atomic mass is 16.6. The highest BCUT2D eigenvalue weighted by molar-refractivity contribution is 6.03. The van der Waals surface area contributed by atoms with E-state index in [4.69, 9.17) is 18.7 Å². The number of rotatable bonds is 4. The molecule has 34 heavy (non-hydrogen) atoms. The van der Waals surface area contributed by atoms with Gasteiger partial charge in [-0.1, -0.05) is 5.16 Å². The summed E-state index contributed by atoms with van der Waals surface area (Å²) in [4.78, 5) is 39.1. The summed E-state index contributed by atoms with van der Waals surface area (Å²) < 4.78 is 21.8. The predicted octanol–water partition coefficient (Wildman–Crippen LogP) is 2.88. The first-order valence-electron chi connectivity index (χ1n) is 11.0. The average Bonchev–Trinajstić information content (AvgIpc) is 3.13. The lowest BCUT2D eigenvalue weighted by Crippen LogP contribution is -2.53. The number of anilines is 2. The minimum Gasteiger partial charge on any atom is -0.490 e. The molecule has 3 atom stereocenters. The van der Waals surface area contributed by atoms with Gasteiger partial charge in [0.1, 0.15) is 29.8 Å². The second-order valence-corrected chi connectivity index (χ2v) is 8.44. The molecule has 0 bridgehead atoms. The van der Waals surface area contributed by atoms with Crippen molar-refractivity contribution in [1.82, 2.24) is 10.1 Å². The standard InChI is InChI=1S/C23H28N4O7/c1-12-21(13(2)34-26-12)25-23(30)24-14-5-8-18-16(9-14)22(29)27(3)17-7-6-15(10-20(28)31-4)33-19(17)11-32-18/h5,8-9,15,17,19H,6-7,10-11H2,1-4H3,(H2,24,25,30)/t15-,17+,19+/m1/s1. The molecule has 3 amide bonds. The van der Waals surface area contributed by atoms with Crippen LogP contribution in [0.5, 0.6) is 5.75 Å². The summed E-state index contributed by atoms with van der Waals surface area (Å²) in [5, 5.41) is 9.24. The van der Waals surface area contributed by atoms with Crippen LogP contribution in [-0.2, 0) is 14.3 Å². The number of nitrogens with one attached hydrogen (secondary N) is 2. The summed E-state index contributed by atoms with van der Waals surface area (Å²) >= 11 is 0. The molecule has 0 aliphatic carbocycles. The molecule has 11 nitrogen and oxygen atoms in total. The molecule has 4 rings (SSSR count). The molecule has 2 N–H and O–H groups in total. The summed E-state index contributed by atoms with van der Waals surface area (Å²) in [5.74, 6) is 0.317. The molecule has 0 saturated carbocycles. The van der Waals surface area contributed by atoms with E-state index in [1.54, 1.807) is 44.0 Å². The first kappa shape index (κ1) is 23.6. The van der Waals surface area contributed by atoms with Crippen LogP contribution in [0.4, 0.5) is 16.2 Å². The Bertz CT molecular complexity index is 1080. The zero-order chi connectivity index (χ0) is 24.4. The number of esters is 1. The summed E-state index contributed by atoms with van der Waals surface area (Å²) in [6.07, 6.45) is 0.820. The highest BCUT2D eigenvalue weighted by Gasteiger charge is 2.39. The first-order chi connectivity index (χ1) is 16.3. The van der Waals surface area contributed by atoms with E-state index >= 15 is 0 Å². The van der Waals surface area contributed by atoms with E-state index in [0.717, 1.165) is 0 Å². The van der Waals surface area contributed by atoms with Gasteiger partial charge in [-0.15, -0.1) is 0 Å². The van der Waals surface area contributed by atoms with Gasteiger partial charge in [-0.3, -0.25) is 9.59 Å². The van der Waals surface area contributed by atoms with Crippen LogP contribution in [-0.4, -0.2) is 67.0 Å². The lowest BCUT2D eigenvalue weighted by molar-refractivity contribution is -0.151. The van der Waals surface area contributed by atoms with Crippen molar-refractivity contribution >= 4 is 29.3 Å². The summed E-state index contributed by atoms with van der Waals surface area (Å²) in [5.41, 5.74) is 1.84. The maximum absolute atomic E-state index is 13.3. The molecule has 2 aliphatic rings. The fourth-order valence-electron chi connectivity index (χ4n) is 4.31. The Morgan fingerprint density at radius 2 is 2.03 bits per heavy atom. The summed E-state index contributed by atoms with van der Waals surface area (Å²) in [6.45, 7) is 3.65. The quantitative estimate of drug-likeness (QED) is 0.649. The van der Waals surface area contributed by atoms with Crippen LogP contribution in [0, 0.1) is 13.8 Å². The van der Waals surface area contributed by atoms with Gasteiger partial charge in [0, 0.05) is 12.7 Å². The first-order valence-corrected chi connectivity index (χ1v) is 11.0. The van der Waals surface area contributed by atoms with Crippen LogP contribution in [0.1, 0.15) is 41.1 Å². The van der Waals surface area contributed by atoms with Gasteiger partial charge in [0.25, 0.3) is 5.91 Å². The van der Waals surface area contributed by atoms with Crippen molar-refractivity contribution in [3.05, 3.63) is 35.2 Å². The van der Waals surface area contributed by atoms with Gasteiger partial charge in [-0.05, 0) is 44.9 Å². The molecule has 0 spiro atoms. The van der Waals surface area contributed by atoms with Crippen LogP contribution in [0.25, 0.3) is 0 Å². The summed E-state index contributed by atoms with van der Waals surface area (Å²) in [7, 11) is 3.07. The van der Waals surface area contributed by atoms with Crippen molar-refractivity contribution in [3.63, 3.8) is 0 Å². The van der Waals surface area contributed by atoms with Crippen molar-refractivity contribution in [2.45, 2.75) is 51.4 Å². The monoisotopic (exact) mass is 472 g/mol. The number of fused-ring (bicyclic) bond motifs is 2. The summed E-state index contributed by atoms with van der Waals surface area (Å²) in [6, 6.07) is 4.19. The molecule has 182 valence electrons. The van der Waals surface area contributed by atoms with Gasteiger partial charge in [0.15, 0.2) is 5.76 Å². The Balaban J connectivity index is 1.48. The van der Waals surface area contributed by atoms with Crippen molar-refractivity contribution in [1.29, 1.82) is 0 Å². The number of aromatic nitrogens is 1. The van der Waals surface area contributed by atoms with E-state index in [-0.39, 0.29) is 43.2 Å². The number of urea groups is 1. The van der Waals surface area contributed by atoms with E-state index in [1.165, 1.54) is 7.11 Å². The molecule has 0 radical (unpaired) electrons. The predicted molar refractivity (Wildman–Crippen MR) is 121 cm³/mol. The maximum atomic E-state index is 13.3. The molecule has 1 saturated heterocycles. The molecule has 3 heterocycles. The number of nitrogens with zero attached hydrogens (tertiary/aromatic N) is 2. The smallest absolute Gasteiger partial charge is 0.323 e. The Hall–Kier alpha value is -3.60. The zero-order valence-corrected chi connectivity index (χ0v) is 19.5. The number of likely N-dealkylation sites (N-methyl/N-ethyl adjacent to an activating group) is 1. The fraction of sp³-hybridized carbons (Fsp3) is 0.478. The second-order valence-electron chi connectivity index (χ2n) is 8.44. The van der Waals surface area contributed by atoms with Crippen molar-refractivity contribution in [3.8, 4) is 5.75 Å². The van der Waals surface area contributed by atoms with E-state index in [1.807, 2.05) is 0 Å². The molecule has 2 aliphatic heterocycles. The molecule has 0 unspecified atom stereocenters. The third kappa shape index (κ3) is 4.84. The van der Waals surface area contributed by atoms with E-state index in [0.29, 0.717) is 47.0 Å². The van der Waals surface area contributed by atoms with Crippen LogP contribution < -0.4 is 15.4 Å². The number of benzene rings is 1. The van der Waals surface area contributed by atoms with Gasteiger partial charge in [0.2, 0.25) is 0 Å². The van der Waals surface area contributed by atoms with Crippen LogP contribution >= 0.6 is 0 Å². The molecular formula is C23H28N4O7. The van der Waals surface area contributed by atoms with Crippen molar-refractivity contribution < 1.29 is 33.1 Å². The lowest BCUT2D eigenvalue weighted by Gasteiger charge is -2.42. The third-order valence-electron chi connectivity index (χ3n) is 6.16. The highest BCUT2D eigenvalue weighted by Crippen LogP contribution is 2.32. The van der Waals surface area contributed by atoms with Crippen molar-refractivity contribution in [2.24, 2.45) is 0 Å². The van der Waals surface area contributed by atoms with Gasteiger partial charge >= 0.3 is 12.0 Å². The van der Waals surface area contributed by atoms with Gasteiger partial charge in [-0.2, -0.15) is 0 Å². The molecular weight excluding hydrogens is 444 g/mol. The largest absolute Gasteiger partial charge is 0.490 e. The van der Waals surface area contributed by atoms with E-state index in [2.05, 4.69) is 15.8 Å². The van der Waals surface area contributed by atoms with Gasteiger partial charge in [0.05, 0.1) is 31.2 Å². The van der Waals surface area contributed by atoms with Crippen LogP contribution in [0.15, 0.2) is 22.7 Å². The number of methoxy groups -OCH3 is 1. The van der Waals surface area contributed by atoms with Gasteiger partial charge in [-0.25, -0.2) is 4.79 Å². The van der Waals surface area contributed by atoms with E-state index in [9.17, 15) is 14.4 Å². The molecule has 1 fully saturated rings. The van der Waals surface area contributed by atoms with Crippen molar-refractivity contribution in [2.75, 3.05) is 31.4 Å². The third-order valence-corrected chi connectivity index (χ3v) is 6.16. The lowest BCUT2D eigenvalue weighted by atomic mass is 9.94. The second kappa shape index (κ2) is 9.72. The molecule has 2 aromatic rings. The number of carbonyl (C=O) groups is 3. The van der Waals surface area contributed by atoms with Gasteiger partial charge < -0.3 is 34.3 Å². The maximum Gasteiger partial charge on any atom is 0.323 e. The zero-order valence-electron chi connectivity index (χ0n) is 19.5. The molecule has 11 heteroatoms. The minimum atomic E-state index is -0.487. The normalized spacial score (nSPS) is 21.9. The van der Waals surface area contributed by atoms with Crippen LogP contribution in [0.2, 0.25) is 0 Å².